The van der Waals surface area contributed by atoms with Crippen molar-refractivity contribution in [2.75, 3.05) is 14.2 Å². The number of hydrazine groups is 1. The Morgan fingerprint density at radius 1 is 1.23 bits per heavy atom. The maximum absolute atomic E-state index is 13.0. The van der Waals surface area contributed by atoms with E-state index in [0.29, 0.717) is 17.1 Å². The molecule has 0 bridgehead atoms. The smallest absolute Gasteiger partial charge is 0.246 e. The summed E-state index contributed by atoms with van der Waals surface area (Å²) in [5, 5.41) is 3.22. The Kier molecular flexibility index (Phi) is 6.08. The number of benzene rings is 1. The average Bonchev–Trinajstić information content (AvgIpc) is 3.38. The number of amides is 2. The van der Waals surface area contributed by atoms with E-state index in [-0.39, 0.29) is 24.5 Å². The van der Waals surface area contributed by atoms with E-state index in [1.165, 1.54) is 17.9 Å². The average molecular weight is 425 g/mol. The van der Waals surface area contributed by atoms with Gasteiger partial charge in [0.05, 0.1) is 19.3 Å². The first-order valence-electron chi connectivity index (χ1n) is 10.6. The summed E-state index contributed by atoms with van der Waals surface area (Å²) in [5.41, 5.74) is 7.18. The summed E-state index contributed by atoms with van der Waals surface area (Å²) in [6, 6.07) is 8.05. The first kappa shape index (κ1) is 21.1. The van der Waals surface area contributed by atoms with Crippen molar-refractivity contribution in [1.29, 1.82) is 0 Å². The molecule has 2 fully saturated rings. The highest BCUT2D eigenvalue weighted by Crippen LogP contribution is 2.40. The number of carbonyl (C=O) groups is 2. The molecule has 8 heteroatoms. The summed E-state index contributed by atoms with van der Waals surface area (Å²) < 4.78 is 11.7. The van der Waals surface area contributed by atoms with Gasteiger partial charge in [-0.3, -0.25) is 19.6 Å². The third-order valence-electron chi connectivity index (χ3n) is 6.10. The number of hydrogen-bond donors (Lipinski definition) is 1. The number of aromatic nitrogens is 1. The van der Waals surface area contributed by atoms with Gasteiger partial charge in [0, 0.05) is 31.4 Å². The number of pyridine rings is 1. The summed E-state index contributed by atoms with van der Waals surface area (Å²) in [6.07, 6.45) is 8.01. The monoisotopic (exact) mass is 424 g/mol. The van der Waals surface area contributed by atoms with E-state index < -0.39 is 11.9 Å². The van der Waals surface area contributed by atoms with Gasteiger partial charge in [0.15, 0.2) is 17.5 Å². The van der Waals surface area contributed by atoms with Crippen LogP contribution < -0.4 is 15.2 Å². The molecule has 1 aromatic carbocycles. The molecule has 1 aromatic heterocycles. The van der Waals surface area contributed by atoms with Crippen LogP contribution in [0.15, 0.2) is 42.7 Å². The minimum Gasteiger partial charge on any atom is -0.493 e. The highest BCUT2D eigenvalue weighted by atomic mass is 16.5. The normalized spacial score (nSPS) is 20.8. The number of rotatable bonds is 7. The lowest BCUT2D eigenvalue weighted by Gasteiger charge is -2.33. The number of nitrogens with two attached hydrogens (primary N) is 1. The fraction of sp³-hybridized carbons (Fsp3) is 0.435. The Hall–Kier alpha value is -3.13. The van der Waals surface area contributed by atoms with Crippen LogP contribution in [0.4, 0.5) is 0 Å². The number of hydrogen-bond acceptors (Lipinski definition) is 6. The van der Waals surface area contributed by atoms with Crippen molar-refractivity contribution in [2.24, 2.45) is 5.73 Å². The van der Waals surface area contributed by atoms with Gasteiger partial charge in [-0.25, -0.2) is 5.01 Å². The minimum absolute atomic E-state index is 0.172. The minimum atomic E-state index is -0.913. The Balaban J connectivity index is 1.62. The van der Waals surface area contributed by atoms with Crippen molar-refractivity contribution in [3.8, 4) is 11.5 Å². The van der Waals surface area contributed by atoms with Crippen LogP contribution in [0.5, 0.6) is 11.5 Å². The Morgan fingerprint density at radius 2 is 2.00 bits per heavy atom. The lowest BCUT2D eigenvalue weighted by Crippen LogP contribution is -2.45. The molecule has 2 aliphatic rings. The zero-order chi connectivity index (χ0) is 22.0. The van der Waals surface area contributed by atoms with Gasteiger partial charge in [-0.2, -0.15) is 0 Å². The number of nitrogens with zero attached hydrogens (tertiary/aromatic N) is 3. The molecule has 4 rings (SSSR count). The van der Waals surface area contributed by atoms with Gasteiger partial charge in [0.25, 0.3) is 0 Å². The van der Waals surface area contributed by atoms with E-state index in [0.717, 1.165) is 18.4 Å². The van der Waals surface area contributed by atoms with Crippen LogP contribution in [0, 0.1) is 0 Å². The van der Waals surface area contributed by atoms with Gasteiger partial charge in [-0.1, -0.05) is 12.1 Å². The highest BCUT2D eigenvalue weighted by Gasteiger charge is 2.43. The fourth-order valence-electron chi connectivity index (χ4n) is 4.52. The maximum Gasteiger partial charge on any atom is 0.246 e. The lowest BCUT2D eigenvalue weighted by molar-refractivity contribution is -0.149. The lowest BCUT2D eigenvalue weighted by atomic mass is 10.0. The summed E-state index contributed by atoms with van der Waals surface area (Å²) in [6.45, 7) is 0. The molecule has 31 heavy (non-hydrogen) atoms. The van der Waals surface area contributed by atoms with Gasteiger partial charge < -0.3 is 15.2 Å². The summed E-state index contributed by atoms with van der Waals surface area (Å²) in [4.78, 5) is 29.3. The molecule has 1 saturated carbocycles. The van der Waals surface area contributed by atoms with Crippen LogP contribution in [0.2, 0.25) is 0 Å². The molecule has 1 aliphatic carbocycles. The van der Waals surface area contributed by atoms with Gasteiger partial charge >= 0.3 is 0 Å². The summed E-state index contributed by atoms with van der Waals surface area (Å²) in [5.74, 6) is 0.581. The SMILES string of the molecule is COc1ccc([C@@H]2CC(=O)N(C(C(N)=O)c3cccnc3)N2C)cc1OC1CCCC1. The van der Waals surface area contributed by atoms with E-state index in [1.807, 2.05) is 18.2 Å². The molecule has 164 valence electrons. The van der Waals surface area contributed by atoms with Crippen molar-refractivity contribution < 1.29 is 19.1 Å². The Labute approximate surface area is 181 Å². The standard InChI is InChI=1S/C23H28N4O4/c1-26-18(13-21(28)27(26)22(23(24)29)16-6-5-11-25-14-16)15-9-10-19(30-2)20(12-15)31-17-7-3-4-8-17/h5-6,9-12,14,17-18,22H,3-4,7-8,13H2,1-2H3,(H2,24,29)/t18-,22?/m0/s1. The van der Waals surface area contributed by atoms with Gasteiger partial charge in [0.2, 0.25) is 11.8 Å². The van der Waals surface area contributed by atoms with Crippen LogP contribution in [-0.2, 0) is 9.59 Å². The first-order chi connectivity index (χ1) is 15.0. The first-order valence-corrected chi connectivity index (χ1v) is 10.6. The molecule has 1 aliphatic heterocycles. The third-order valence-corrected chi connectivity index (χ3v) is 6.10. The van der Waals surface area contributed by atoms with Crippen molar-refractivity contribution in [2.45, 2.75) is 50.3 Å². The second-order valence-corrected chi connectivity index (χ2v) is 8.06. The van der Waals surface area contributed by atoms with Crippen LogP contribution in [-0.4, -0.2) is 47.1 Å². The van der Waals surface area contributed by atoms with Gasteiger partial charge in [0.1, 0.15) is 0 Å². The van der Waals surface area contributed by atoms with Crippen LogP contribution in [0.25, 0.3) is 0 Å². The number of carbonyl (C=O) groups excluding carboxylic acids is 2. The van der Waals surface area contributed by atoms with Crippen LogP contribution >= 0.6 is 0 Å². The molecule has 2 N–H and O–H groups in total. The topological polar surface area (TPSA) is 98.0 Å². The predicted octanol–water partition coefficient (Wildman–Crippen LogP) is 2.76. The molecule has 0 spiro atoms. The van der Waals surface area contributed by atoms with Crippen molar-refractivity contribution in [1.82, 2.24) is 15.0 Å². The molecule has 8 nitrogen and oxygen atoms in total. The molecule has 1 saturated heterocycles. The van der Waals surface area contributed by atoms with Crippen molar-refractivity contribution in [3.63, 3.8) is 0 Å². The maximum atomic E-state index is 13.0. The van der Waals surface area contributed by atoms with Crippen molar-refractivity contribution >= 4 is 11.8 Å². The van der Waals surface area contributed by atoms with E-state index in [1.54, 1.807) is 43.7 Å². The molecule has 2 atom stereocenters. The molecule has 0 radical (unpaired) electrons. The van der Waals surface area contributed by atoms with Crippen LogP contribution in [0.1, 0.15) is 55.3 Å². The molecular weight excluding hydrogens is 396 g/mol. The molecule has 2 heterocycles. The molecule has 1 unspecified atom stereocenters. The Bertz CT molecular complexity index is 946. The van der Waals surface area contributed by atoms with E-state index >= 15 is 0 Å². The highest BCUT2D eigenvalue weighted by molar-refractivity contribution is 5.88. The van der Waals surface area contributed by atoms with Crippen molar-refractivity contribution in [3.05, 3.63) is 53.9 Å². The van der Waals surface area contributed by atoms with E-state index in [9.17, 15) is 9.59 Å². The van der Waals surface area contributed by atoms with E-state index in [4.69, 9.17) is 15.2 Å². The zero-order valence-corrected chi connectivity index (χ0v) is 17.9. The largest absolute Gasteiger partial charge is 0.493 e. The Morgan fingerprint density at radius 3 is 2.65 bits per heavy atom. The van der Waals surface area contributed by atoms with Crippen LogP contribution in [0.3, 0.4) is 0 Å². The second kappa shape index (κ2) is 8.93. The fourth-order valence-corrected chi connectivity index (χ4v) is 4.52. The number of ether oxygens (including phenoxy) is 2. The van der Waals surface area contributed by atoms with Gasteiger partial charge in [-0.15, -0.1) is 0 Å². The summed E-state index contributed by atoms with van der Waals surface area (Å²) in [7, 11) is 3.42. The second-order valence-electron chi connectivity index (χ2n) is 8.06. The molecule has 2 amide bonds. The number of primary amides is 1. The summed E-state index contributed by atoms with van der Waals surface area (Å²) >= 11 is 0. The quantitative estimate of drug-likeness (QED) is 0.734. The zero-order valence-electron chi connectivity index (χ0n) is 17.9. The van der Waals surface area contributed by atoms with E-state index in [2.05, 4.69) is 4.98 Å². The molecular formula is C23H28N4O4. The number of methoxy groups -OCH3 is 1. The predicted molar refractivity (Wildman–Crippen MR) is 114 cm³/mol. The third kappa shape index (κ3) is 4.20. The van der Waals surface area contributed by atoms with Gasteiger partial charge in [-0.05, 0) is 49.4 Å². The molecule has 2 aromatic rings.